The van der Waals surface area contributed by atoms with E-state index in [1.807, 2.05) is 38.1 Å². The molecule has 0 saturated carbocycles. The van der Waals surface area contributed by atoms with Crippen molar-refractivity contribution in [1.82, 2.24) is 25.4 Å². The highest BCUT2D eigenvalue weighted by molar-refractivity contribution is 6.32. The number of para-hydroxylation sites is 1. The van der Waals surface area contributed by atoms with Gasteiger partial charge in [0.1, 0.15) is 5.82 Å². The standard InChI is InChI=1S/C19H24ClN5O/c1-11(2)18-23-17(24-25(18)16-6-4-3-5-15(16)20)19(26)22-14-9-12-7-8-13(10-14)21-12/h3-6,11-14,21H,7-10H2,1-2H3,(H,22,26). The molecule has 7 heteroatoms. The Balaban J connectivity index is 1.58. The van der Waals surface area contributed by atoms with Gasteiger partial charge in [-0.1, -0.05) is 37.6 Å². The largest absolute Gasteiger partial charge is 0.346 e. The molecule has 138 valence electrons. The summed E-state index contributed by atoms with van der Waals surface area (Å²) < 4.78 is 1.69. The molecule has 2 aromatic rings. The fourth-order valence-electron chi connectivity index (χ4n) is 4.02. The van der Waals surface area contributed by atoms with Gasteiger partial charge in [-0.05, 0) is 37.8 Å². The molecule has 6 nitrogen and oxygen atoms in total. The third-order valence-electron chi connectivity index (χ3n) is 5.24. The molecule has 2 atom stereocenters. The van der Waals surface area contributed by atoms with Gasteiger partial charge in [0, 0.05) is 24.0 Å². The lowest BCUT2D eigenvalue weighted by Crippen LogP contribution is -2.48. The average Bonchev–Trinajstić information content (AvgIpc) is 3.19. The Morgan fingerprint density at radius 1 is 1.27 bits per heavy atom. The van der Waals surface area contributed by atoms with Crippen LogP contribution >= 0.6 is 11.6 Å². The molecule has 0 radical (unpaired) electrons. The summed E-state index contributed by atoms with van der Waals surface area (Å²) in [4.78, 5) is 17.3. The molecular formula is C19H24ClN5O. The summed E-state index contributed by atoms with van der Waals surface area (Å²) in [7, 11) is 0. The molecule has 4 rings (SSSR count). The highest BCUT2D eigenvalue weighted by Crippen LogP contribution is 2.27. The minimum atomic E-state index is -0.205. The summed E-state index contributed by atoms with van der Waals surface area (Å²) in [5.74, 6) is 0.854. The summed E-state index contributed by atoms with van der Waals surface area (Å²) >= 11 is 6.32. The fourth-order valence-corrected chi connectivity index (χ4v) is 4.24. The molecule has 2 aliphatic rings. The van der Waals surface area contributed by atoms with Crippen LogP contribution in [0.2, 0.25) is 5.02 Å². The number of fused-ring (bicyclic) bond motifs is 2. The number of nitrogens with zero attached hydrogens (tertiary/aromatic N) is 3. The monoisotopic (exact) mass is 373 g/mol. The summed E-state index contributed by atoms with van der Waals surface area (Å²) in [6.45, 7) is 4.06. The van der Waals surface area contributed by atoms with Gasteiger partial charge in [0.2, 0.25) is 5.82 Å². The van der Waals surface area contributed by atoms with Gasteiger partial charge in [0.25, 0.3) is 5.91 Å². The van der Waals surface area contributed by atoms with Gasteiger partial charge >= 0.3 is 0 Å². The van der Waals surface area contributed by atoms with Crippen LogP contribution in [0.15, 0.2) is 24.3 Å². The third-order valence-corrected chi connectivity index (χ3v) is 5.56. The van der Waals surface area contributed by atoms with Crippen molar-refractivity contribution in [1.29, 1.82) is 0 Å². The predicted molar refractivity (Wildman–Crippen MR) is 101 cm³/mol. The number of benzene rings is 1. The highest BCUT2D eigenvalue weighted by atomic mass is 35.5. The Kier molecular flexibility index (Phi) is 4.71. The lowest BCUT2D eigenvalue weighted by atomic mass is 10.00. The van der Waals surface area contributed by atoms with Gasteiger partial charge in [-0.25, -0.2) is 9.67 Å². The smallest absolute Gasteiger partial charge is 0.291 e. The van der Waals surface area contributed by atoms with Gasteiger partial charge in [-0.3, -0.25) is 4.79 Å². The molecule has 2 saturated heterocycles. The Labute approximate surface area is 158 Å². The van der Waals surface area contributed by atoms with E-state index in [0.29, 0.717) is 17.1 Å². The number of rotatable bonds is 4. The molecule has 1 aromatic heterocycles. The van der Waals surface area contributed by atoms with Crippen molar-refractivity contribution in [3.8, 4) is 5.69 Å². The van der Waals surface area contributed by atoms with Crippen LogP contribution in [0.1, 0.15) is 61.9 Å². The minimum absolute atomic E-state index is 0.120. The normalized spacial score (nSPS) is 24.8. The van der Waals surface area contributed by atoms with E-state index in [0.717, 1.165) is 24.4 Å². The van der Waals surface area contributed by atoms with E-state index in [9.17, 15) is 4.79 Å². The molecule has 26 heavy (non-hydrogen) atoms. The number of halogens is 1. The molecule has 2 unspecified atom stereocenters. The van der Waals surface area contributed by atoms with E-state index in [2.05, 4.69) is 20.7 Å². The Morgan fingerprint density at radius 2 is 1.96 bits per heavy atom. The van der Waals surface area contributed by atoms with E-state index in [1.54, 1.807) is 4.68 Å². The maximum Gasteiger partial charge on any atom is 0.291 e. The lowest BCUT2D eigenvalue weighted by Gasteiger charge is -2.29. The van der Waals surface area contributed by atoms with Gasteiger partial charge in [0.05, 0.1) is 10.7 Å². The second-order valence-electron chi connectivity index (χ2n) is 7.59. The molecule has 2 aliphatic heterocycles. The minimum Gasteiger partial charge on any atom is -0.346 e. The number of hydrogen-bond acceptors (Lipinski definition) is 4. The molecule has 1 amide bonds. The van der Waals surface area contributed by atoms with Crippen LogP contribution in [-0.2, 0) is 0 Å². The first-order chi connectivity index (χ1) is 12.5. The van der Waals surface area contributed by atoms with Crippen LogP contribution < -0.4 is 10.6 Å². The number of nitrogens with one attached hydrogen (secondary N) is 2. The average molecular weight is 374 g/mol. The molecule has 3 heterocycles. The zero-order valence-corrected chi connectivity index (χ0v) is 15.8. The van der Waals surface area contributed by atoms with Crippen molar-refractivity contribution in [3.05, 3.63) is 40.9 Å². The third kappa shape index (κ3) is 3.35. The van der Waals surface area contributed by atoms with Gasteiger partial charge in [-0.2, -0.15) is 0 Å². The second-order valence-corrected chi connectivity index (χ2v) is 8.00. The van der Waals surface area contributed by atoms with Crippen molar-refractivity contribution in [2.24, 2.45) is 0 Å². The zero-order chi connectivity index (χ0) is 18.3. The molecule has 0 spiro atoms. The van der Waals surface area contributed by atoms with Crippen LogP contribution in [0, 0.1) is 0 Å². The SMILES string of the molecule is CC(C)c1nc(C(=O)NC2CC3CCC(C2)N3)nn1-c1ccccc1Cl. The van der Waals surface area contributed by atoms with Crippen molar-refractivity contribution >= 4 is 17.5 Å². The Hall–Kier alpha value is -1.92. The first-order valence-corrected chi connectivity index (χ1v) is 9.68. The predicted octanol–water partition coefficient (Wildman–Crippen LogP) is 3.06. The maximum atomic E-state index is 12.7. The first-order valence-electron chi connectivity index (χ1n) is 9.30. The van der Waals surface area contributed by atoms with Crippen LogP contribution in [0.5, 0.6) is 0 Å². The van der Waals surface area contributed by atoms with E-state index in [1.165, 1.54) is 12.8 Å². The van der Waals surface area contributed by atoms with Gasteiger partial charge in [0.15, 0.2) is 0 Å². The zero-order valence-electron chi connectivity index (χ0n) is 15.1. The van der Waals surface area contributed by atoms with E-state index in [-0.39, 0.29) is 23.7 Å². The number of amides is 1. The van der Waals surface area contributed by atoms with Gasteiger partial charge < -0.3 is 10.6 Å². The van der Waals surface area contributed by atoms with Crippen molar-refractivity contribution < 1.29 is 4.79 Å². The summed E-state index contributed by atoms with van der Waals surface area (Å²) in [6, 6.07) is 8.71. The van der Waals surface area contributed by atoms with Crippen molar-refractivity contribution in [2.45, 2.75) is 63.6 Å². The molecule has 1 aromatic carbocycles. The van der Waals surface area contributed by atoms with Crippen LogP contribution in [-0.4, -0.2) is 38.8 Å². The van der Waals surface area contributed by atoms with Crippen LogP contribution in [0.3, 0.4) is 0 Å². The summed E-state index contributed by atoms with van der Waals surface area (Å²) in [5.41, 5.74) is 0.740. The van der Waals surface area contributed by atoms with E-state index < -0.39 is 0 Å². The Bertz CT molecular complexity index is 806. The summed E-state index contributed by atoms with van der Waals surface area (Å²) in [6.07, 6.45) is 4.36. The van der Waals surface area contributed by atoms with Crippen LogP contribution in [0.25, 0.3) is 5.69 Å². The molecule has 2 N–H and O–H groups in total. The Morgan fingerprint density at radius 3 is 2.62 bits per heavy atom. The van der Waals surface area contributed by atoms with E-state index in [4.69, 9.17) is 11.6 Å². The molecule has 2 bridgehead atoms. The quantitative estimate of drug-likeness (QED) is 0.864. The molecular weight excluding hydrogens is 350 g/mol. The molecule has 0 aliphatic carbocycles. The maximum absolute atomic E-state index is 12.7. The number of piperidine rings is 1. The van der Waals surface area contributed by atoms with Crippen LogP contribution in [0.4, 0.5) is 0 Å². The number of carbonyl (C=O) groups is 1. The summed E-state index contributed by atoms with van der Waals surface area (Å²) in [5, 5.41) is 11.8. The highest BCUT2D eigenvalue weighted by Gasteiger charge is 2.34. The number of aromatic nitrogens is 3. The topological polar surface area (TPSA) is 71.8 Å². The molecule has 2 fully saturated rings. The van der Waals surface area contributed by atoms with Crippen molar-refractivity contribution in [2.75, 3.05) is 0 Å². The first kappa shape index (κ1) is 17.5. The number of carbonyl (C=O) groups excluding carboxylic acids is 1. The fraction of sp³-hybridized carbons (Fsp3) is 0.526. The van der Waals surface area contributed by atoms with E-state index >= 15 is 0 Å². The second kappa shape index (κ2) is 7.00. The van der Waals surface area contributed by atoms with Gasteiger partial charge in [-0.15, -0.1) is 5.10 Å². The number of hydrogen-bond donors (Lipinski definition) is 2. The lowest BCUT2D eigenvalue weighted by molar-refractivity contribution is 0.0913. The van der Waals surface area contributed by atoms with Crippen molar-refractivity contribution in [3.63, 3.8) is 0 Å².